The molecule has 0 spiro atoms. The van der Waals surface area contributed by atoms with Gasteiger partial charge in [0.15, 0.2) is 0 Å². The van der Waals surface area contributed by atoms with Crippen molar-refractivity contribution in [2.24, 2.45) is 5.92 Å². The summed E-state index contributed by atoms with van der Waals surface area (Å²) in [5.74, 6) is 1.49. The Morgan fingerprint density at radius 2 is 1.94 bits per heavy atom. The normalized spacial score (nSPS) is 12.1. The van der Waals surface area contributed by atoms with E-state index in [-0.39, 0.29) is 11.8 Å². The predicted molar refractivity (Wildman–Crippen MR) is 68.0 cm³/mol. The fourth-order valence-electron chi connectivity index (χ4n) is 1.53. The van der Waals surface area contributed by atoms with E-state index >= 15 is 0 Å². The van der Waals surface area contributed by atoms with E-state index in [4.69, 9.17) is 0 Å². The van der Waals surface area contributed by atoms with Crippen LogP contribution >= 0.6 is 0 Å². The molecule has 0 aliphatic rings. The van der Waals surface area contributed by atoms with Gasteiger partial charge in [0.2, 0.25) is 5.91 Å². The van der Waals surface area contributed by atoms with Crippen molar-refractivity contribution in [3.05, 3.63) is 17.1 Å². The minimum atomic E-state index is -0.0880. The van der Waals surface area contributed by atoms with Gasteiger partial charge in [0.05, 0.1) is 5.92 Å². The highest BCUT2D eigenvalue weighted by atomic mass is 16.1. The maximum Gasteiger partial charge on any atom is 0.224 e. The fraction of sp³-hybridized carbons (Fsp3) is 0.583. The highest BCUT2D eigenvalue weighted by molar-refractivity contribution is 5.78. The summed E-state index contributed by atoms with van der Waals surface area (Å²) in [7, 11) is 1.64. The number of carbonyl (C=O) groups is 1. The standard InChI is InChI=1S/C12H20N4O/c1-7(12(17)13-5)6-14-11-8(2)9(3)15-10(4)16-11/h7H,6H2,1-5H3,(H,13,17)(H,14,15,16). The molecule has 1 heterocycles. The number of hydrogen-bond donors (Lipinski definition) is 2. The van der Waals surface area contributed by atoms with Crippen molar-refractivity contribution < 1.29 is 4.79 Å². The van der Waals surface area contributed by atoms with Crippen molar-refractivity contribution in [1.82, 2.24) is 15.3 Å². The molecular weight excluding hydrogens is 216 g/mol. The second kappa shape index (κ2) is 5.61. The van der Waals surface area contributed by atoms with Crippen LogP contribution in [0.25, 0.3) is 0 Å². The number of nitrogens with zero attached hydrogens (tertiary/aromatic N) is 2. The van der Waals surface area contributed by atoms with E-state index in [2.05, 4.69) is 20.6 Å². The van der Waals surface area contributed by atoms with E-state index in [9.17, 15) is 4.79 Å². The van der Waals surface area contributed by atoms with Crippen LogP contribution in [-0.2, 0) is 4.79 Å². The number of aryl methyl sites for hydroxylation is 2. The van der Waals surface area contributed by atoms with E-state index in [0.29, 0.717) is 6.54 Å². The molecule has 1 atom stereocenters. The van der Waals surface area contributed by atoms with E-state index < -0.39 is 0 Å². The second-order valence-electron chi connectivity index (χ2n) is 4.23. The van der Waals surface area contributed by atoms with Crippen LogP contribution in [-0.4, -0.2) is 29.5 Å². The van der Waals surface area contributed by atoms with Crippen molar-refractivity contribution in [3.8, 4) is 0 Å². The Balaban J connectivity index is 2.73. The van der Waals surface area contributed by atoms with Crippen LogP contribution in [0, 0.1) is 26.7 Å². The SMILES string of the molecule is CNC(=O)C(C)CNc1nc(C)nc(C)c1C. The molecule has 1 aromatic rings. The average molecular weight is 236 g/mol. The number of nitrogens with one attached hydrogen (secondary N) is 2. The Morgan fingerprint density at radius 3 is 2.53 bits per heavy atom. The lowest BCUT2D eigenvalue weighted by Gasteiger charge is -2.14. The third-order valence-corrected chi connectivity index (χ3v) is 2.77. The van der Waals surface area contributed by atoms with Crippen LogP contribution in [0.4, 0.5) is 5.82 Å². The van der Waals surface area contributed by atoms with Gasteiger partial charge in [-0.1, -0.05) is 6.92 Å². The summed E-state index contributed by atoms with van der Waals surface area (Å²) >= 11 is 0. The van der Waals surface area contributed by atoms with Crippen molar-refractivity contribution >= 4 is 11.7 Å². The van der Waals surface area contributed by atoms with Crippen LogP contribution in [0.3, 0.4) is 0 Å². The number of anilines is 1. The Labute approximate surface area is 102 Å². The molecule has 0 fully saturated rings. The summed E-state index contributed by atoms with van der Waals surface area (Å²) < 4.78 is 0. The molecule has 5 heteroatoms. The topological polar surface area (TPSA) is 66.9 Å². The van der Waals surface area contributed by atoms with Gasteiger partial charge >= 0.3 is 0 Å². The summed E-state index contributed by atoms with van der Waals surface area (Å²) in [5.41, 5.74) is 1.99. The fourth-order valence-corrected chi connectivity index (χ4v) is 1.53. The quantitative estimate of drug-likeness (QED) is 0.824. The highest BCUT2D eigenvalue weighted by Crippen LogP contribution is 2.14. The molecule has 1 aromatic heterocycles. The Bertz CT molecular complexity index is 417. The lowest BCUT2D eigenvalue weighted by atomic mass is 10.1. The molecule has 5 nitrogen and oxygen atoms in total. The molecule has 2 N–H and O–H groups in total. The zero-order valence-electron chi connectivity index (χ0n) is 11.1. The van der Waals surface area contributed by atoms with Crippen LogP contribution in [0.2, 0.25) is 0 Å². The number of hydrogen-bond acceptors (Lipinski definition) is 4. The Hall–Kier alpha value is -1.65. The lowest BCUT2D eigenvalue weighted by molar-refractivity contribution is -0.123. The first-order valence-electron chi connectivity index (χ1n) is 5.73. The monoisotopic (exact) mass is 236 g/mol. The van der Waals surface area contributed by atoms with Gasteiger partial charge in [-0.25, -0.2) is 9.97 Å². The first-order valence-corrected chi connectivity index (χ1v) is 5.73. The second-order valence-corrected chi connectivity index (χ2v) is 4.23. The van der Waals surface area contributed by atoms with Crippen molar-refractivity contribution in [3.63, 3.8) is 0 Å². The van der Waals surface area contributed by atoms with Crippen molar-refractivity contribution in [2.75, 3.05) is 18.9 Å². The van der Waals surface area contributed by atoms with Gasteiger partial charge in [-0.2, -0.15) is 0 Å². The van der Waals surface area contributed by atoms with Crippen molar-refractivity contribution in [2.45, 2.75) is 27.7 Å². The maximum absolute atomic E-state index is 11.4. The molecule has 94 valence electrons. The number of amides is 1. The Morgan fingerprint density at radius 1 is 1.29 bits per heavy atom. The molecule has 0 radical (unpaired) electrons. The van der Waals surface area contributed by atoms with Crippen molar-refractivity contribution in [1.29, 1.82) is 0 Å². The molecule has 0 bridgehead atoms. The predicted octanol–water partition coefficient (Wildman–Crippen LogP) is 1.20. The van der Waals surface area contributed by atoms with Gasteiger partial charge in [0.25, 0.3) is 0 Å². The molecule has 1 rings (SSSR count). The summed E-state index contributed by atoms with van der Waals surface area (Å²) in [6, 6.07) is 0. The summed E-state index contributed by atoms with van der Waals surface area (Å²) in [4.78, 5) is 20.0. The average Bonchev–Trinajstić information content (AvgIpc) is 2.30. The van der Waals surface area contributed by atoms with Crippen LogP contribution in [0.15, 0.2) is 0 Å². The number of rotatable bonds is 4. The van der Waals surface area contributed by atoms with Crippen LogP contribution in [0.5, 0.6) is 0 Å². The summed E-state index contributed by atoms with van der Waals surface area (Å²) in [6.45, 7) is 8.23. The van der Waals surface area contributed by atoms with E-state index in [1.807, 2.05) is 27.7 Å². The minimum absolute atomic E-state index is 0.0256. The highest BCUT2D eigenvalue weighted by Gasteiger charge is 2.12. The van der Waals surface area contributed by atoms with Crippen LogP contribution < -0.4 is 10.6 Å². The van der Waals surface area contributed by atoms with E-state index in [0.717, 1.165) is 22.9 Å². The van der Waals surface area contributed by atoms with Gasteiger partial charge in [-0.05, 0) is 20.8 Å². The molecule has 1 amide bonds. The van der Waals surface area contributed by atoms with E-state index in [1.165, 1.54) is 0 Å². The zero-order valence-corrected chi connectivity index (χ0v) is 11.1. The molecule has 0 aliphatic heterocycles. The minimum Gasteiger partial charge on any atom is -0.369 e. The third kappa shape index (κ3) is 3.41. The molecule has 0 saturated heterocycles. The molecular formula is C12H20N4O. The van der Waals surface area contributed by atoms with Gasteiger partial charge in [0.1, 0.15) is 11.6 Å². The zero-order chi connectivity index (χ0) is 13.0. The lowest BCUT2D eigenvalue weighted by Crippen LogP contribution is -2.30. The van der Waals surface area contributed by atoms with Gasteiger partial charge in [0, 0.05) is 24.8 Å². The Kier molecular flexibility index (Phi) is 4.43. The first kappa shape index (κ1) is 13.4. The molecule has 17 heavy (non-hydrogen) atoms. The maximum atomic E-state index is 11.4. The molecule has 1 unspecified atom stereocenters. The first-order chi connectivity index (χ1) is 7.95. The van der Waals surface area contributed by atoms with Gasteiger partial charge in [-0.15, -0.1) is 0 Å². The largest absolute Gasteiger partial charge is 0.369 e. The summed E-state index contributed by atoms with van der Waals surface area (Å²) in [5, 5.41) is 5.82. The molecule has 0 saturated carbocycles. The summed E-state index contributed by atoms with van der Waals surface area (Å²) in [6.07, 6.45) is 0. The molecule has 0 aliphatic carbocycles. The third-order valence-electron chi connectivity index (χ3n) is 2.77. The molecule has 0 aromatic carbocycles. The van der Waals surface area contributed by atoms with Crippen LogP contribution in [0.1, 0.15) is 24.0 Å². The van der Waals surface area contributed by atoms with Gasteiger partial charge < -0.3 is 10.6 Å². The van der Waals surface area contributed by atoms with Gasteiger partial charge in [-0.3, -0.25) is 4.79 Å². The smallest absolute Gasteiger partial charge is 0.224 e. The number of carbonyl (C=O) groups excluding carboxylic acids is 1. The van der Waals surface area contributed by atoms with E-state index in [1.54, 1.807) is 7.05 Å². The number of aromatic nitrogens is 2.